The molecule has 0 saturated carbocycles. The van der Waals surface area contributed by atoms with Crippen LogP contribution in [0.4, 0.5) is 11.4 Å². The van der Waals surface area contributed by atoms with Gasteiger partial charge in [-0.25, -0.2) is 0 Å². The molecule has 5 aromatic rings. The van der Waals surface area contributed by atoms with E-state index < -0.39 is 0 Å². The quantitative estimate of drug-likeness (QED) is 0.182. The zero-order chi connectivity index (χ0) is 29.9. The molecule has 0 aromatic heterocycles. The van der Waals surface area contributed by atoms with Crippen molar-refractivity contribution in [2.75, 3.05) is 10.6 Å². The van der Waals surface area contributed by atoms with Crippen molar-refractivity contribution in [3.05, 3.63) is 164 Å². The number of hydrogen-bond acceptors (Lipinski definition) is 2. The van der Waals surface area contributed by atoms with Gasteiger partial charge in [-0.15, -0.1) is 0 Å². The first-order chi connectivity index (χ1) is 20.3. The molecule has 0 spiro atoms. The molecule has 0 heterocycles. The zero-order valence-corrected chi connectivity index (χ0v) is 25.6. The van der Waals surface area contributed by atoms with Gasteiger partial charge in [0.15, 0.2) is 0 Å². The summed E-state index contributed by atoms with van der Waals surface area (Å²) in [5, 5.41) is 6.59. The van der Waals surface area contributed by atoms with Crippen molar-refractivity contribution in [2.45, 2.75) is 13.8 Å². The van der Waals surface area contributed by atoms with Crippen molar-refractivity contribution in [1.29, 1.82) is 0 Å². The monoisotopic (exact) mass is 636 g/mol. The van der Waals surface area contributed by atoms with Gasteiger partial charge in [-0.1, -0.05) is 106 Å². The highest BCUT2D eigenvalue weighted by Gasteiger charge is 2.08. The molecule has 0 aliphatic heterocycles. The Kier molecular flexibility index (Phi) is 10.9. The third-order valence-electron chi connectivity index (χ3n) is 6.35. The number of aryl methyl sites for hydroxylation is 2. The molecule has 42 heavy (non-hydrogen) atoms. The summed E-state index contributed by atoms with van der Waals surface area (Å²) in [6, 6.07) is 37.8. The fourth-order valence-corrected chi connectivity index (χ4v) is 4.54. The van der Waals surface area contributed by atoms with Gasteiger partial charge in [-0.2, -0.15) is 0 Å². The predicted octanol–water partition coefficient (Wildman–Crippen LogP) is 10.1. The van der Waals surface area contributed by atoms with Crippen LogP contribution in [0, 0.1) is 13.8 Å². The molecule has 6 heteroatoms. The van der Waals surface area contributed by atoms with Crippen molar-refractivity contribution in [1.82, 2.24) is 0 Å². The van der Waals surface area contributed by atoms with Crippen molar-refractivity contribution >= 4 is 62.9 Å². The summed E-state index contributed by atoms with van der Waals surface area (Å²) in [4.78, 5) is 24.3. The van der Waals surface area contributed by atoms with Crippen LogP contribution in [0.1, 0.15) is 43.0 Å². The summed E-state index contributed by atoms with van der Waals surface area (Å²) < 4.78 is 0.950. The lowest BCUT2D eigenvalue weighted by Gasteiger charge is -2.09. The van der Waals surface area contributed by atoms with Gasteiger partial charge in [0.2, 0.25) is 0 Å². The first kappa shape index (κ1) is 30.5. The van der Waals surface area contributed by atoms with E-state index >= 15 is 0 Å². The third kappa shape index (κ3) is 9.03. The molecular weight excluding hydrogens is 608 g/mol. The number of benzene rings is 5. The first-order valence-electron chi connectivity index (χ1n) is 13.3. The minimum Gasteiger partial charge on any atom is -0.322 e. The van der Waals surface area contributed by atoms with Crippen LogP contribution in [0.2, 0.25) is 5.02 Å². The molecule has 2 N–H and O–H groups in total. The van der Waals surface area contributed by atoms with E-state index in [1.807, 2.05) is 123 Å². The number of amides is 2. The highest BCUT2D eigenvalue weighted by Crippen LogP contribution is 2.22. The van der Waals surface area contributed by atoms with Crippen molar-refractivity contribution in [2.24, 2.45) is 0 Å². The number of carbonyl (C=O) groups is 2. The van der Waals surface area contributed by atoms with Crippen LogP contribution in [0.15, 0.2) is 126 Å². The molecule has 0 atom stereocenters. The summed E-state index contributed by atoms with van der Waals surface area (Å²) in [5.41, 5.74) is 7.03. The maximum atomic E-state index is 12.4. The number of anilines is 2. The van der Waals surface area contributed by atoms with E-state index in [-0.39, 0.29) is 11.8 Å². The lowest BCUT2D eigenvalue weighted by Crippen LogP contribution is -2.12. The van der Waals surface area contributed by atoms with E-state index in [0.29, 0.717) is 16.1 Å². The molecule has 5 aromatic carbocycles. The third-order valence-corrected chi connectivity index (χ3v) is 7.07. The standard InChI is InChI=1S/C22H18ClNO.C14H12BrNO/c1-16-10-11-18(13-12-17-6-5-9-20(23)14-17)15-21(16)24-22(25)19-7-3-2-4-8-19;1-10-7-8-12(15)9-13(10)16-14(17)11-5-3-2-4-6-11/h2-15H,1H3,(H,24,25);2-9H,1H3,(H,16,17)/b13-12+;. The Bertz CT molecular complexity index is 1700. The highest BCUT2D eigenvalue weighted by molar-refractivity contribution is 9.10. The Morgan fingerprint density at radius 3 is 1.64 bits per heavy atom. The molecule has 0 aliphatic rings. The molecule has 0 aliphatic carbocycles. The topological polar surface area (TPSA) is 58.2 Å². The number of halogens is 2. The Labute approximate surface area is 260 Å². The van der Waals surface area contributed by atoms with Gasteiger partial charge in [-0.05, 0) is 90.7 Å². The minimum atomic E-state index is -0.111. The average molecular weight is 638 g/mol. The van der Waals surface area contributed by atoms with Gasteiger partial charge >= 0.3 is 0 Å². The normalized spacial score (nSPS) is 10.5. The second kappa shape index (κ2) is 15.0. The SMILES string of the molecule is Cc1ccc(/C=C/c2cccc(Cl)c2)cc1NC(=O)c1ccccc1.Cc1ccc(Br)cc1NC(=O)c1ccccc1. The highest BCUT2D eigenvalue weighted by atomic mass is 79.9. The largest absolute Gasteiger partial charge is 0.322 e. The molecule has 5 rings (SSSR count). The summed E-state index contributed by atoms with van der Waals surface area (Å²) in [6.45, 7) is 3.94. The molecular formula is C36H30BrClN2O2. The van der Waals surface area contributed by atoms with Gasteiger partial charge in [-0.3, -0.25) is 9.59 Å². The van der Waals surface area contributed by atoms with E-state index in [9.17, 15) is 9.59 Å². The van der Waals surface area contributed by atoms with Crippen molar-refractivity contribution in [3.63, 3.8) is 0 Å². The number of rotatable bonds is 6. The van der Waals surface area contributed by atoms with E-state index in [4.69, 9.17) is 11.6 Å². The van der Waals surface area contributed by atoms with E-state index in [1.165, 1.54) is 0 Å². The lowest BCUT2D eigenvalue weighted by molar-refractivity contribution is 0.101. The molecule has 0 radical (unpaired) electrons. The fraction of sp³-hybridized carbons (Fsp3) is 0.0556. The second-order valence-corrected chi connectivity index (χ2v) is 10.9. The van der Waals surface area contributed by atoms with Crippen LogP contribution < -0.4 is 10.6 Å². The summed E-state index contributed by atoms with van der Waals surface area (Å²) in [7, 11) is 0. The van der Waals surface area contributed by atoms with E-state index in [1.54, 1.807) is 24.3 Å². The Morgan fingerprint density at radius 2 is 1.10 bits per heavy atom. The van der Waals surface area contributed by atoms with E-state index in [0.717, 1.165) is 38.1 Å². The van der Waals surface area contributed by atoms with Crippen molar-refractivity contribution in [3.8, 4) is 0 Å². The Morgan fingerprint density at radius 1 is 0.595 bits per heavy atom. The van der Waals surface area contributed by atoms with Gasteiger partial charge in [0.25, 0.3) is 11.8 Å². The van der Waals surface area contributed by atoms with Gasteiger partial charge in [0.1, 0.15) is 0 Å². The summed E-state index contributed by atoms with van der Waals surface area (Å²) in [6.07, 6.45) is 4.00. The maximum absolute atomic E-state index is 12.4. The van der Waals surface area contributed by atoms with Crippen molar-refractivity contribution < 1.29 is 9.59 Å². The molecule has 0 unspecified atom stereocenters. The molecule has 2 amide bonds. The minimum absolute atomic E-state index is 0.0909. The van der Waals surface area contributed by atoms with Crippen LogP contribution in [-0.4, -0.2) is 11.8 Å². The Hall–Kier alpha value is -4.45. The van der Waals surface area contributed by atoms with Gasteiger partial charge in [0, 0.05) is 32.0 Å². The number of nitrogens with one attached hydrogen (secondary N) is 2. The molecule has 210 valence electrons. The van der Waals surface area contributed by atoms with Gasteiger partial charge in [0.05, 0.1) is 0 Å². The second-order valence-electron chi connectivity index (χ2n) is 9.56. The van der Waals surface area contributed by atoms with Crippen LogP contribution in [0.3, 0.4) is 0 Å². The Balaban J connectivity index is 0.000000208. The van der Waals surface area contributed by atoms with Crippen LogP contribution >= 0.6 is 27.5 Å². The van der Waals surface area contributed by atoms with Gasteiger partial charge < -0.3 is 10.6 Å². The van der Waals surface area contributed by atoms with Crippen LogP contribution in [0.5, 0.6) is 0 Å². The molecule has 4 nitrogen and oxygen atoms in total. The first-order valence-corrected chi connectivity index (χ1v) is 14.5. The van der Waals surface area contributed by atoms with Crippen LogP contribution in [-0.2, 0) is 0 Å². The fourth-order valence-electron chi connectivity index (χ4n) is 3.98. The summed E-state index contributed by atoms with van der Waals surface area (Å²) in [5.74, 6) is -0.202. The smallest absolute Gasteiger partial charge is 0.255 e. The maximum Gasteiger partial charge on any atom is 0.255 e. The number of hydrogen-bond donors (Lipinski definition) is 2. The lowest BCUT2D eigenvalue weighted by atomic mass is 10.1. The molecule has 0 saturated heterocycles. The van der Waals surface area contributed by atoms with Crippen LogP contribution in [0.25, 0.3) is 12.2 Å². The number of carbonyl (C=O) groups excluding carboxylic acids is 2. The molecule has 0 bridgehead atoms. The van der Waals surface area contributed by atoms with E-state index in [2.05, 4.69) is 26.6 Å². The predicted molar refractivity (Wildman–Crippen MR) is 179 cm³/mol. The average Bonchev–Trinajstić information content (AvgIpc) is 3.00. The molecule has 0 fully saturated rings. The summed E-state index contributed by atoms with van der Waals surface area (Å²) >= 11 is 9.40. The zero-order valence-electron chi connectivity index (χ0n) is 23.3.